The second-order valence-corrected chi connectivity index (χ2v) is 16.5. The van der Waals surface area contributed by atoms with Crippen molar-refractivity contribution < 1.29 is 4.74 Å². The molecule has 0 radical (unpaired) electrons. The van der Waals surface area contributed by atoms with Gasteiger partial charge in [0, 0.05) is 40.5 Å². The van der Waals surface area contributed by atoms with Gasteiger partial charge in [0.05, 0.1) is 22.4 Å². The first-order valence-corrected chi connectivity index (χ1v) is 18.4. The van der Waals surface area contributed by atoms with E-state index < -0.39 is 0 Å². The second-order valence-electron chi connectivity index (χ2n) is 16.5. The maximum Gasteiger partial charge on any atom is 0.137 e. The molecule has 0 saturated carbocycles. The van der Waals surface area contributed by atoms with E-state index in [9.17, 15) is 0 Å². The van der Waals surface area contributed by atoms with E-state index in [1.54, 1.807) is 0 Å². The Labute approximate surface area is 308 Å². The molecule has 5 heteroatoms. The van der Waals surface area contributed by atoms with Gasteiger partial charge in [-0.3, -0.25) is 4.57 Å². The average molecular weight is 685 g/mol. The molecule has 5 aromatic carbocycles. The van der Waals surface area contributed by atoms with Crippen LogP contribution in [0.3, 0.4) is 0 Å². The van der Waals surface area contributed by atoms with Crippen molar-refractivity contribution in [2.24, 2.45) is 0 Å². The van der Waals surface area contributed by atoms with Crippen LogP contribution in [0.4, 0.5) is 22.7 Å². The first-order valence-electron chi connectivity index (χ1n) is 18.4. The van der Waals surface area contributed by atoms with Crippen LogP contribution < -0.4 is 14.5 Å². The molecule has 3 heterocycles. The minimum Gasteiger partial charge on any atom is -0.457 e. The lowest BCUT2D eigenvalue weighted by atomic mass is 9.86. The first kappa shape index (κ1) is 33.6. The van der Waals surface area contributed by atoms with E-state index in [1.165, 1.54) is 44.5 Å². The summed E-state index contributed by atoms with van der Waals surface area (Å²) in [5, 5.41) is 2.37. The SMILES string of the molecule is CC(C)c1cccc(N2CN(c3cc(Oc4ccc5c6ccccc6n(-c6cc(C(C)(C)C)ccn6)c5c4)cc(C(C)(C)C)c3)c3ccccc32)c1. The Morgan fingerprint density at radius 2 is 1.27 bits per heavy atom. The molecule has 0 unspecified atom stereocenters. The monoisotopic (exact) mass is 684 g/mol. The van der Waals surface area contributed by atoms with Crippen molar-refractivity contribution >= 4 is 44.6 Å². The van der Waals surface area contributed by atoms with Crippen LogP contribution in [0.2, 0.25) is 0 Å². The summed E-state index contributed by atoms with van der Waals surface area (Å²) in [6, 6.07) is 43.7. The molecule has 1 aliphatic rings. The number of rotatable bonds is 6. The molecular weight excluding hydrogens is 637 g/mol. The Kier molecular flexibility index (Phi) is 8.13. The summed E-state index contributed by atoms with van der Waals surface area (Å²) in [6.07, 6.45) is 1.93. The van der Waals surface area contributed by atoms with E-state index in [2.05, 4.69) is 191 Å². The third-order valence-electron chi connectivity index (χ3n) is 10.4. The first-order chi connectivity index (χ1) is 24.8. The number of hydrogen-bond donors (Lipinski definition) is 0. The molecule has 1 aliphatic heterocycles. The van der Waals surface area contributed by atoms with E-state index >= 15 is 0 Å². The van der Waals surface area contributed by atoms with Crippen LogP contribution in [0, 0.1) is 0 Å². The van der Waals surface area contributed by atoms with Crippen molar-refractivity contribution in [3.8, 4) is 17.3 Å². The van der Waals surface area contributed by atoms with Gasteiger partial charge < -0.3 is 14.5 Å². The molecular formula is C47H48N4O. The van der Waals surface area contributed by atoms with Gasteiger partial charge in [0.2, 0.25) is 0 Å². The summed E-state index contributed by atoms with van der Waals surface area (Å²) in [5.41, 5.74) is 10.6. The molecule has 0 fully saturated rings. The van der Waals surface area contributed by atoms with Gasteiger partial charge in [-0.25, -0.2) is 4.98 Å². The van der Waals surface area contributed by atoms with Crippen LogP contribution in [0.25, 0.3) is 27.6 Å². The number of nitrogens with zero attached hydrogens (tertiary/aromatic N) is 4. The number of para-hydroxylation sites is 3. The molecule has 0 amide bonds. The predicted octanol–water partition coefficient (Wildman–Crippen LogP) is 12.9. The molecule has 0 bridgehead atoms. The van der Waals surface area contributed by atoms with E-state index in [4.69, 9.17) is 9.72 Å². The molecule has 262 valence electrons. The van der Waals surface area contributed by atoms with E-state index in [0.717, 1.165) is 34.0 Å². The van der Waals surface area contributed by atoms with Crippen LogP contribution in [0.1, 0.15) is 78.0 Å². The fourth-order valence-electron chi connectivity index (χ4n) is 7.34. The highest BCUT2D eigenvalue weighted by Crippen LogP contribution is 2.46. The van der Waals surface area contributed by atoms with Crippen LogP contribution in [0.5, 0.6) is 11.5 Å². The minimum atomic E-state index is -0.0846. The molecule has 0 spiro atoms. The van der Waals surface area contributed by atoms with Crippen LogP contribution in [0.15, 0.2) is 128 Å². The molecule has 0 saturated heterocycles. The summed E-state index contributed by atoms with van der Waals surface area (Å²) in [7, 11) is 0. The molecule has 0 atom stereocenters. The van der Waals surface area contributed by atoms with E-state index in [0.29, 0.717) is 12.6 Å². The maximum atomic E-state index is 6.85. The summed E-state index contributed by atoms with van der Waals surface area (Å²) in [4.78, 5) is 9.70. The lowest BCUT2D eigenvalue weighted by Gasteiger charge is -2.26. The zero-order valence-electron chi connectivity index (χ0n) is 31.6. The van der Waals surface area contributed by atoms with E-state index in [-0.39, 0.29) is 10.8 Å². The molecule has 2 aromatic heterocycles. The smallest absolute Gasteiger partial charge is 0.137 e. The van der Waals surface area contributed by atoms with Crippen molar-refractivity contribution in [3.63, 3.8) is 0 Å². The molecule has 52 heavy (non-hydrogen) atoms. The van der Waals surface area contributed by atoms with Gasteiger partial charge in [-0.15, -0.1) is 0 Å². The van der Waals surface area contributed by atoms with Gasteiger partial charge in [0.25, 0.3) is 0 Å². The van der Waals surface area contributed by atoms with Crippen LogP contribution in [-0.4, -0.2) is 16.2 Å². The van der Waals surface area contributed by atoms with Gasteiger partial charge in [0.1, 0.15) is 24.0 Å². The quantitative estimate of drug-likeness (QED) is 0.175. The highest BCUT2D eigenvalue weighted by molar-refractivity contribution is 6.09. The average Bonchev–Trinajstić information content (AvgIpc) is 3.67. The van der Waals surface area contributed by atoms with Gasteiger partial charge >= 0.3 is 0 Å². The predicted molar refractivity (Wildman–Crippen MR) is 219 cm³/mol. The Morgan fingerprint density at radius 1 is 0.577 bits per heavy atom. The van der Waals surface area contributed by atoms with Crippen molar-refractivity contribution in [1.29, 1.82) is 0 Å². The Hall–Kier alpha value is -5.55. The molecule has 0 aliphatic carbocycles. The zero-order chi connectivity index (χ0) is 36.4. The van der Waals surface area contributed by atoms with Crippen LogP contribution >= 0.6 is 0 Å². The summed E-state index contributed by atoms with van der Waals surface area (Å²) in [6.45, 7) is 18.7. The Morgan fingerprint density at radius 3 is 2.00 bits per heavy atom. The zero-order valence-corrected chi connectivity index (χ0v) is 31.6. The fourth-order valence-corrected chi connectivity index (χ4v) is 7.34. The lowest BCUT2D eigenvalue weighted by Crippen LogP contribution is -2.24. The van der Waals surface area contributed by atoms with Crippen molar-refractivity contribution in [2.75, 3.05) is 16.5 Å². The second kappa shape index (κ2) is 12.6. The number of pyridine rings is 1. The van der Waals surface area contributed by atoms with Gasteiger partial charge in [-0.1, -0.05) is 97.9 Å². The third kappa shape index (κ3) is 6.08. The Bertz CT molecular complexity index is 2440. The highest BCUT2D eigenvalue weighted by Gasteiger charge is 2.29. The highest BCUT2D eigenvalue weighted by atomic mass is 16.5. The van der Waals surface area contributed by atoms with Crippen LogP contribution in [-0.2, 0) is 10.8 Å². The van der Waals surface area contributed by atoms with E-state index in [1.807, 2.05) is 6.20 Å². The maximum absolute atomic E-state index is 6.85. The molecule has 7 aromatic rings. The minimum absolute atomic E-state index is 0.00546. The third-order valence-corrected chi connectivity index (χ3v) is 10.4. The number of fused-ring (bicyclic) bond motifs is 4. The number of benzene rings is 5. The summed E-state index contributed by atoms with van der Waals surface area (Å²) in [5.74, 6) is 2.97. The number of anilines is 4. The van der Waals surface area contributed by atoms with Crippen molar-refractivity contribution in [2.45, 2.75) is 72.1 Å². The normalized spacial score (nSPS) is 13.4. The van der Waals surface area contributed by atoms with Gasteiger partial charge in [-0.2, -0.15) is 0 Å². The standard InChI is InChI=1S/C47H48N4O/c1-31(2)32-14-13-15-35(24-32)49-30-50(43-19-12-11-18-42(43)49)36-25-34(47(6,7)8)26-38(28-36)52-37-20-21-40-39-16-9-10-17-41(39)51(44(40)29-37)45-27-33(22-23-48-45)46(3,4)5/h9-29,31H,30H2,1-8H3. The van der Waals surface area contributed by atoms with Crippen molar-refractivity contribution in [1.82, 2.24) is 9.55 Å². The number of aromatic nitrogens is 2. The molecule has 8 rings (SSSR count). The fraction of sp³-hybridized carbons (Fsp3) is 0.255. The Balaban J connectivity index is 1.21. The molecule has 5 nitrogen and oxygen atoms in total. The summed E-state index contributed by atoms with van der Waals surface area (Å²) < 4.78 is 9.13. The molecule has 0 N–H and O–H groups in total. The summed E-state index contributed by atoms with van der Waals surface area (Å²) >= 11 is 0. The largest absolute Gasteiger partial charge is 0.457 e. The number of ether oxygens (including phenoxy) is 1. The lowest BCUT2D eigenvalue weighted by molar-refractivity contribution is 0.479. The number of hydrogen-bond acceptors (Lipinski definition) is 4. The van der Waals surface area contributed by atoms with Crippen molar-refractivity contribution in [3.05, 3.63) is 144 Å². The van der Waals surface area contributed by atoms with Gasteiger partial charge in [-0.05, 0) is 100 Å². The topological polar surface area (TPSA) is 33.5 Å². The van der Waals surface area contributed by atoms with Gasteiger partial charge in [0.15, 0.2) is 0 Å².